The van der Waals surface area contributed by atoms with Crippen LogP contribution >= 0.6 is 0 Å². The van der Waals surface area contributed by atoms with Crippen LogP contribution in [0.3, 0.4) is 0 Å². The predicted octanol–water partition coefficient (Wildman–Crippen LogP) is 5.07. The van der Waals surface area contributed by atoms with E-state index in [0.717, 1.165) is 27.8 Å². The van der Waals surface area contributed by atoms with Crippen molar-refractivity contribution in [3.63, 3.8) is 0 Å². The molecule has 0 radical (unpaired) electrons. The normalized spacial score (nSPS) is 11.6. The Morgan fingerprint density at radius 1 is 1.00 bits per heavy atom. The first kappa shape index (κ1) is 19.5. The van der Waals surface area contributed by atoms with E-state index < -0.39 is 6.09 Å². The summed E-state index contributed by atoms with van der Waals surface area (Å²) in [7, 11) is 0. The number of phenolic OH excluding ortho intramolecular Hbond substituents is 1. The van der Waals surface area contributed by atoms with Gasteiger partial charge >= 0.3 is 6.09 Å². The maximum Gasteiger partial charge on any atom is 0.407 e. The first-order chi connectivity index (χ1) is 13.5. The Balaban J connectivity index is 1.75. The van der Waals surface area contributed by atoms with Crippen LogP contribution in [0.25, 0.3) is 0 Å². The molecule has 2 N–H and O–H groups in total. The summed E-state index contributed by atoms with van der Waals surface area (Å²) in [5.41, 5.74) is 4.77. The zero-order valence-corrected chi connectivity index (χ0v) is 16.2. The summed E-state index contributed by atoms with van der Waals surface area (Å²) in [5, 5.41) is 13.4. The fourth-order valence-corrected chi connectivity index (χ4v) is 3.44. The van der Waals surface area contributed by atoms with Gasteiger partial charge in [-0.1, -0.05) is 66.7 Å². The van der Waals surface area contributed by atoms with Gasteiger partial charge in [0, 0.05) is 18.0 Å². The molecule has 1 atom stereocenters. The van der Waals surface area contributed by atoms with Crippen LogP contribution in [0.2, 0.25) is 0 Å². The number of nitrogens with one attached hydrogen (secondary N) is 1. The van der Waals surface area contributed by atoms with E-state index >= 15 is 0 Å². The van der Waals surface area contributed by atoms with Crippen molar-refractivity contribution < 1.29 is 14.6 Å². The molecule has 3 rings (SSSR count). The zero-order chi connectivity index (χ0) is 19.9. The van der Waals surface area contributed by atoms with Gasteiger partial charge in [0.1, 0.15) is 12.4 Å². The molecule has 1 amide bonds. The molecule has 0 aliphatic rings. The van der Waals surface area contributed by atoms with E-state index in [1.807, 2.05) is 80.6 Å². The van der Waals surface area contributed by atoms with E-state index in [1.165, 1.54) is 0 Å². The number of carbonyl (C=O) groups excluding carboxylic acids is 1. The Morgan fingerprint density at radius 2 is 1.64 bits per heavy atom. The third kappa shape index (κ3) is 4.92. The summed E-state index contributed by atoms with van der Waals surface area (Å²) >= 11 is 0. The van der Waals surface area contributed by atoms with Crippen molar-refractivity contribution in [2.45, 2.75) is 26.4 Å². The molecule has 0 fully saturated rings. The molecule has 28 heavy (non-hydrogen) atoms. The van der Waals surface area contributed by atoms with Gasteiger partial charge in [-0.25, -0.2) is 4.79 Å². The standard InChI is InChI=1S/C24H25NO3/c1-17-13-18(2)23(22(26)14-17)21(20-11-7-4-8-12-20)15-25-24(27)28-16-19-9-5-3-6-10-19/h3-14,21,26H,15-16H2,1-2H3,(H,25,27)/t21-/m0/s1. The molecule has 4 heteroatoms. The predicted molar refractivity (Wildman–Crippen MR) is 110 cm³/mol. The lowest BCUT2D eigenvalue weighted by Crippen LogP contribution is -2.29. The lowest BCUT2D eigenvalue weighted by atomic mass is 9.87. The van der Waals surface area contributed by atoms with Crippen LogP contribution in [0, 0.1) is 13.8 Å². The number of aromatic hydroxyl groups is 1. The average molecular weight is 375 g/mol. The van der Waals surface area contributed by atoms with Crippen molar-refractivity contribution in [2.75, 3.05) is 6.54 Å². The molecular weight excluding hydrogens is 350 g/mol. The van der Waals surface area contributed by atoms with Crippen LogP contribution in [0.4, 0.5) is 4.79 Å². The van der Waals surface area contributed by atoms with Gasteiger partial charge in [-0.05, 0) is 42.2 Å². The van der Waals surface area contributed by atoms with Crippen molar-refractivity contribution in [1.29, 1.82) is 0 Å². The van der Waals surface area contributed by atoms with Crippen LogP contribution in [0.5, 0.6) is 5.75 Å². The first-order valence-corrected chi connectivity index (χ1v) is 9.34. The van der Waals surface area contributed by atoms with Crippen molar-refractivity contribution >= 4 is 6.09 Å². The van der Waals surface area contributed by atoms with E-state index in [4.69, 9.17) is 4.74 Å². The molecular formula is C24H25NO3. The highest BCUT2D eigenvalue weighted by atomic mass is 16.5. The topological polar surface area (TPSA) is 58.6 Å². The lowest BCUT2D eigenvalue weighted by molar-refractivity contribution is 0.139. The minimum atomic E-state index is -0.478. The van der Waals surface area contributed by atoms with E-state index in [-0.39, 0.29) is 18.3 Å². The molecule has 3 aromatic carbocycles. The van der Waals surface area contributed by atoms with Crippen LogP contribution < -0.4 is 5.32 Å². The third-order valence-electron chi connectivity index (χ3n) is 4.72. The Hall–Kier alpha value is -3.27. The lowest BCUT2D eigenvalue weighted by Gasteiger charge is -2.22. The Kier molecular flexibility index (Phi) is 6.33. The van der Waals surface area contributed by atoms with Gasteiger partial charge in [0.15, 0.2) is 0 Å². The van der Waals surface area contributed by atoms with Crippen LogP contribution in [0.15, 0.2) is 72.8 Å². The van der Waals surface area contributed by atoms with E-state index in [9.17, 15) is 9.90 Å². The number of benzene rings is 3. The van der Waals surface area contributed by atoms with Crippen LogP contribution in [0.1, 0.15) is 33.7 Å². The molecule has 0 spiro atoms. The summed E-state index contributed by atoms with van der Waals surface area (Å²) in [6.07, 6.45) is -0.478. The Morgan fingerprint density at radius 3 is 2.29 bits per heavy atom. The molecule has 0 saturated carbocycles. The largest absolute Gasteiger partial charge is 0.508 e. The minimum absolute atomic E-state index is 0.175. The van der Waals surface area contributed by atoms with Crippen molar-refractivity contribution in [2.24, 2.45) is 0 Å². The highest BCUT2D eigenvalue weighted by molar-refractivity contribution is 5.67. The molecule has 0 aliphatic heterocycles. The summed E-state index contributed by atoms with van der Waals surface area (Å²) in [6.45, 7) is 4.48. The summed E-state index contributed by atoms with van der Waals surface area (Å²) in [4.78, 5) is 12.2. The van der Waals surface area contributed by atoms with Gasteiger partial charge < -0.3 is 15.2 Å². The third-order valence-corrected chi connectivity index (χ3v) is 4.72. The quantitative estimate of drug-likeness (QED) is 0.632. The number of hydrogen-bond acceptors (Lipinski definition) is 3. The van der Waals surface area contributed by atoms with E-state index in [0.29, 0.717) is 6.54 Å². The van der Waals surface area contributed by atoms with Gasteiger partial charge in [-0.3, -0.25) is 0 Å². The van der Waals surface area contributed by atoms with Crippen molar-refractivity contribution in [3.8, 4) is 5.75 Å². The number of rotatable bonds is 6. The van der Waals surface area contributed by atoms with Gasteiger partial charge in [-0.15, -0.1) is 0 Å². The highest BCUT2D eigenvalue weighted by Crippen LogP contribution is 2.34. The molecule has 144 valence electrons. The smallest absolute Gasteiger partial charge is 0.407 e. The monoisotopic (exact) mass is 375 g/mol. The number of ether oxygens (including phenoxy) is 1. The molecule has 0 saturated heterocycles. The van der Waals surface area contributed by atoms with Gasteiger partial charge in [0.05, 0.1) is 0 Å². The summed E-state index contributed by atoms with van der Waals surface area (Å²) < 4.78 is 5.32. The second kappa shape index (κ2) is 9.09. The van der Waals surface area contributed by atoms with Gasteiger partial charge in [0.25, 0.3) is 0 Å². The fraction of sp³-hybridized carbons (Fsp3) is 0.208. The molecule has 3 aromatic rings. The SMILES string of the molecule is Cc1cc(C)c([C@@H](CNC(=O)OCc2ccccc2)c2ccccc2)c(O)c1. The van der Waals surface area contributed by atoms with Crippen molar-refractivity contribution in [3.05, 3.63) is 101 Å². The average Bonchev–Trinajstić information content (AvgIpc) is 2.69. The number of hydrogen-bond donors (Lipinski definition) is 2. The number of alkyl carbamates (subject to hydrolysis) is 1. The Bertz CT molecular complexity index is 900. The number of aryl methyl sites for hydroxylation is 2. The molecule has 0 aliphatic carbocycles. The maximum absolute atomic E-state index is 12.2. The van der Waals surface area contributed by atoms with Crippen LogP contribution in [-0.2, 0) is 11.3 Å². The summed E-state index contributed by atoms with van der Waals surface area (Å²) in [6, 6.07) is 23.2. The van der Waals surface area contributed by atoms with E-state index in [1.54, 1.807) is 6.07 Å². The fourth-order valence-electron chi connectivity index (χ4n) is 3.44. The number of amides is 1. The molecule has 0 heterocycles. The Labute approximate surface area is 165 Å². The highest BCUT2D eigenvalue weighted by Gasteiger charge is 2.21. The maximum atomic E-state index is 12.2. The molecule has 0 bridgehead atoms. The minimum Gasteiger partial charge on any atom is -0.508 e. The molecule has 0 aromatic heterocycles. The number of carbonyl (C=O) groups is 1. The van der Waals surface area contributed by atoms with Gasteiger partial charge in [0.2, 0.25) is 0 Å². The van der Waals surface area contributed by atoms with Gasteiger partial charge in [-0.2, -0.15) is 0 Å². The van der Waals surface area contributed by atoms with Crippen LogP contribution in [-0.4, -0.2) is 17.7 Å². The second-order valence-corrected chi connectivity index (χ2v) is 6.92. The molecule has 0 unspecified atom stereocenters. The van der Waals surface area contributed by atoms with E-state index in [2.05, 4.69) is 5.32 Å². The first-order valence-electron chi connectivity index (χ1n) is 9.34. The summed E-state index contributed by atoms with van der Waals surface area (Å²) in [5.74, 6) is 0.0666. The van der Waals surface area contributed by atoms with Crippen molar-refractivity contribution in [1.82, 2.24) is 5.32 Å². The zero-order valence-electron chi connectivity index (χ0n) is 16.2. The number of phenols is 1. The second-order valence-electron chi connectivity index (χ2n) is 6.92. The molecule has 4 nitrogen and oxygen atoms in total.